The van der Waals surface area contributed by atoms with Gasteiger partial charge in [-0.25, -0.2) is 9.59 Å². The Kier molecular flexibility index (Phi) is 6.27. The first-order valence-corrected chi connectivity index (χ1v) is 8.27. The Bertz CT molecular complexity index is 684. The average molecular weight is 348 g/mol. The van der Waals surface area contributed by atoms with Crippen molar-refractivity contribution in [3.63, 3.8) is 0 Å². The van der Waals surface area contributed by atoms with Crippen LogP contribution < -0.4 is 20.1 Å². The molecule has 0 fully saturated rings. The van der Waals surface area contributed by atoms with Crippen LogP contribution in [0.25, 0.3) is 0 Å². The summed E-state index contributed by atoms with van der Waals surface area (Å²) in [5, 5.41) is 5.37. The predicted octanol–water partition coefficient (Wildman–Crippen LogP) is 2.68. The summed E-state index contributed by atoms with van der Waals surface area (Å²) in [7, 11) is 1.55. The first-order chi connectivity index (χ1) is 12.0. The molecule has 2 rings (SSSR count). The molecule has 1 aliphatic heterocycles. The van der Waals surface area contributed by atoms with Crippen LogP contribution in [0.4, 0.5) is 4.79 Å². The van der Waals surface area contributed by atoms with Crippen LogP contribution in [0.3, 0.4) is 0 Å². The van der Waals surface area contributed by atoms with Crippen molar-refractivity contribution in [2.45, 2.75) is 33.2 Å². The number of carbonyl (C=O) groups is 2. The quantitative estimate of drug-likeness (QED) is 0.740. The zero-order valence-electron chi connectivity index (χ0n) is 15.0. The minimum absolute atomic E-state index is 0.253. The Labute approximate surface area is 147 Å². The minimum Gasteiger partial charge on any atom is -0.493 e. The van der Waals surface area contributed by atoms with Gasteiger partial charge in [0.1, 0.15) is 0 Å². The monoisotopic (exact) mass is 348 g/mol. The molecule has 2 N–H and O–H groups in total. The van der Waals surface area contributed by atoms with Crippen LogP contribution in [-0.2, 0) is 9.53 Å². The number of benzene rings is 1. The normalized spacial score (nSPS) is 16.8. The molecule has 1 heterocycles. The van der Waals surface area contributed by atoms with E-state index < -0.39 is 12.0 Å². The van der Waals surface area contributed by atoms with E-state index in [0.29, 0.717) is 34.9 Å². The first-order valence-electron chi connectivity index (χ1n) is 8.27. The Morgan fingerprint density at radius 3 is 2.64 bits per heavy atom. The maximum atomic E-state index is 12.3. The van der Waals surface area contributed by atoms with Crippen molar-refractivity contribution in [2.75, 3.05) is 20.3 Å². The number of nitrogens with one attached hydrogen (secondary N) is 2. The van der Waals surface area contributed by atoms with Crippen molar-refractivity contribution in [2.24, 2.45) is 0 Å². The molecule has 7 nitrogen and oxygen atoms in total. The molecule has 0 radical (unpaired) electrons. The third-order valence-electron chi connectivity index (χ3n) is 3.75. The summed E-state index contributed by atoms with van der Waals surface area (Å²) in [5.41, 5.74) is 1.54. The van der Waals surface area contributed by atoms with E-state index in [0.717, 1.165) is 6.42 Å². The number of methoxy groups -OCH3 is 1. The largest absolute Gasteiger partial charge is 0.493 e. The third-order valence-corrected chi connectivity index (χ3v) is 3.75. The van der Waals surface area contributed by atoms with E-state index in [4.69, 9.17) is 14.2 Å². The smallest absolute Gasteiger partial charge is 0.338 e. The molecular weight excluding hydrogens is 324 g/mol. The van der Waals surface area contributed by atoms with Crippen molar-refractivity contribution < 1.29 is 23.8 Å². The van der Waals surface area contributed by atoms with Crippen molar-refractivity contribution in [1.29, 1.82) is 0 Å². The summed E-state index contributed by atoms with van der Waals surface area (Å²) in [6, 6.07) is 4.34. The number of carbonyl (C=O) groups excluding carboxylic acids is 2. The second-order valence-electron chi connectivity index (χ2n) is 5.55. The topological polar surface area (TPSA) is 85.9 Å². The summed E-state index contributed by atoms with van der Waals surface area (Å²) in [5.74, 6) is 0.689. The molecule has 7 heteroatoms. The molecule has 1 unspecified atom stereocenters. The van der Waals surface area contributed by atoms with E-state index in [2.05, 4.69) is 10.6 Å². The number of rotatable bonds is 7. The van der Waals surface area contributed by atoms with Crippen LogP contribution in [0.15, 0.2) is 29.5 Å². The molecule has 1 aromatic rings. The average Bonchev–Trinajstić information content (AvgIpc) is 2.59. The summed E-state index contributed by atoms with van der Waals surface area (Å²) < 4.78 is 16.2. The Hall–Kier alpha value is -2.70. The first kappa shape index (κ1) is 18.6. The molecule has 0 aliphatic carbocycles. The zero-order valence-corrected chi connectivity index (χ0v) is 15.0. The Balaban J connectivity index is 2.41. The maximum Gasteiger partial charge on any atom is 0.338 e. The highest BCUT2D eigenvalue weighted by molar-refractivity contribution is 5.95. The molecule has 0 saturated heterocycles. The molecule has 1 atom stereocenters. The molecule has 0 bridgehead atoms. The van der Waals surface area contributed by atoms with Crippen LogP contribution in [0.5, 0.6) is 11.5 Å². The van der Waals surface area contributed by atoms with Crippen LogP contribution in [0.2, 0.25) is 0 Å². The van der Waals surface area contributed by atoms with Gasteiger partial charge in [-0.1, -0.05) is 13.0 Å². The molecule has 0 aromatic heterocycles. The number of hydrogen-bond acceptors (Lipinski definition) is 5. The second-order valence-corrected chi connectivity index (χ2v) is 5.55. The standard InChI is InChI=1S/C18H24N2O5/c1-5-9-25-13-8-7-12(10-14(13)23-4)16-15(17(21)24-6-2)11(3)19-18(22)20-16/h7-8,10,16H,5-6,9H2,1-4H3,(H2,19,20,22). The lowest BCUT2D eigenvalue weighted by atomic mass is 9.95. The number of hydrogen-bond donors (Lipinski definition) is 2. The fourth-order valence-corrected chi connectivity index (χ4v) is 2.62. The summed E-state index contributed by atoms with van der Waals surface area (Å²) in [6.07, 6.45) is 0.879. The number of amides is 2. The van der Waals surface area contributed by atoms with Crippen LogP contribution in [-0.4, -0.2) is 32.3 Å². The van der Waals surface area contributed by atoms with Gasteiger partial charge >= 0.3 is 12.0 Å². The fourth-order valence-electron chi connectivity index (χ4n) is 2.62. The molecule has 1 aliphatic rings. The number of urea groups is 1. The van der Waals surface area contributed by atoms with E-state index in [1.165, 1.54) is 0 Å². The summed E-state index contributed by atoms with van der Waals surface area (Å²) in [6.45, 7) is 6.26. The number of allylic oxidation sites excluding steroid dienone is 1. The highest BCUT2D eigenvalue weighted by Crippen LogP contribution is 2.34. The minimum atomic E-state index is -0.623. The SMILES string of the molecule is CCCOc1ccc(C2NC(=O)NC(C)=C2C(=O)OCC)cc1OC. The van der Waals surface area contributed by atoms with Gasteiger partial charge in [-0.05, 0) is 38.0 Å². The molecule has 2 amide bonds. The summed E-state index contributed by atoms with van der Waals surface area (Å²) in [4.78, 5) is 24.2. The molecule has 0 spiro atoms. The highest BCUT2D eigenvalue weighted by atomic mass is 16.5. The lowest BCUT2D eigenvalue weighted by molar-refractivity contribution is -0.139. The Morgan fingerprint density at radius 1 is 1.24 bits per heavy atom. The van der Waals surface area contributed by atoms with E-state index in [-0.39, 0.29) is 12.6 Å². The maximum absolute atomic E-state index is 12.3. The molecule has 1 aromatic carbocycles. The van der Waals surface area contributed by atoms with E-state index in [1.54, 1.807) is 39.2 Å². The van der Waals surface area contributed by atoms with Crippen LogP contribution >= 0.6 is 0 Å². The van der Waals surface area contributed by atoms with Gasteiger partial charge in [-0.3, -0.25) is 0 Å². The van der Waals surface area contributed by atoms with Crippen LogP contribution in [0.1, 0.15) is 38.8 Å². The number of ether oxygens (including phenoxy) is 3. The van der Waals surface area contributed by atoms with Gasteiger partial charge in [-0.2, -0.15) is 0 Å². The van der Waals surface area contributed by atoms with Gasteiger partial charge < -0.3 is 24.8 Å². The molecule has 136 valence electrons. The molecule has 0 saturated carbocycles. The van der Waals surface area contributed by atoms with Crippen LogP contribution in [0, 0.1) is 0 Å². The second kappa shape index (κ2) is 8.41. The molecule has 25 heavy (non-hydrogen) atoms. The van der Waals surface area contributed by atoms with E-state index in [1.807, 2.05) is 6.92 Å². The van der Waals surface area contributed by atoms with Gasteiger partial charge in [0.05, 0.1) is 31.9 Å². The highest BCUT2D eigenvalue weighted by Gasteiger charge is 2.32. The fraction of sp³-hybridized carbons (Fsp3) is 0.444. The van der Waals surface area contributed by atoms with E-state index in [9.17, 15) is 9.59 Å². The third kappa shape index (κ3) is 4.23. The van der Waals surface area contributed by atoms with Gasteiger partial charge in [-0.15, -0.1) is 0 Å². The molecular formula is C18H24N2O5. The lowest BCUT2D eigenvalue weighted by Crippen LogP contribution is -2.45. The van der Waals surface area contributed by atoms with Crippen molar-refractivity contribution in [1.82, 2.24) is 10.6 Å². The summed E-state index contributed by atoms with van der Waals surface area (Å²) >= 11 is 0. The number of esters is 1. The van der Waals surface area contributed by atoms with Gasteiger partial charge in [0, 0.05) is 5.70 Å². The van der Waals surface area contributed by atoms with E-state index >= 15 is 0 Å². The van der Waals surface area contributed by atoms with Gasteiger partial charge in [0.25, 0.3) is 0 Å². The van der Waals surface area contributed by atoms with Gasteiger partial charge in [0.15, 0.2) is 11.5 Å². The van der Waals surface area contributed by atoms with Crippen molar-refractivity contribution >= 4 is 12.0 Å². The van der Waals surface area contributed by atoms with Gasteiger partial charge in [0.2, 0.25) is 0 Å². The predicted molar refractivity (Wildman–Crippen MR) is 92.5 cm³/mol. The zero-order chi connectivity index (χ0) is 18.4. The lowest BCUT2D eigenvalue weighted by Gasteiger charge is -2.28. The Morgan fingerprint density at radius 2 is 2.00 bits per heavy atom. The van der Waals surface area contributed by atoms with Crippen molar-refractivity contribution in [3.05, 3.63) is 35.0 Å². The van der Waals surface area contributed by atoms with Crippen molar-refractivity contribution in [3.8, 4) is 11.5 Å².